The second kappa shape index (κ2) is 4.91. The molecule has 0 aliphatic heterocycles. The first-order chi connectivity index (χ1) is 4.57. The highest BCUT2D eigenvalue weighted by Gasteiger charge is 2.12. The molecule has 1 nitrogen and oxygen atoms in total. The van der Waals surface area contributed by atoms with Crippen LogP contribution in [0.1, 0.15) is 34.1 Å². The van der Waals surface area contributed by atoms with Gasteiger partial charge in [-0.2, -0.15) is 0 Å². The first-order valence-corrected chi connectivity index (χ1v) is 4.31. The Balaban J connectivity index is 3.60. The molecule has 59 valence electrons. The van der Waals surface area contributed by atoms with Crippen LogP contribution in [0.15, 0.2) is 0 Å². The highest BCUT2D eigenvalue weighted by atomic mass is 28.2. The highest BCUT2D eigenvalue weighted by molar-refractivity contribution is 5.98. The molecule has 0 N–H and O–H groups in total. The van der Waals surface area contributed by atoms with Crippen LogP contribution in [0.4, 0.5) is 0 Å². The van der Waals surface area contributed by atoms with E-state index in [1.54, 1.807) is 0 Å². The van der Waals surface area contributed by atoms with Crippen LogP contribution >= 0.6 is 0 Å². The van der Waals surface area contributed by atoms with Gasteiger partial charge in [0.15, 0.2) is 0 Å². The lowest BCUT2D eigenvalue weighted by Crippen LogP contribution is -2.20. The molecule has 0 aromatic rings. The van der Waals surface area contributed by atoms with Gasteiger partial charge >= 0.3 is 0 Å². The third kappa shape index (κ3) is 4.07. The molecular weight excluding hydrogens is 140 g/mol. The van der Waals surface area contributed by atoms with Gasteiger partial charge in [-0.15, -0.1) is 0 Å². The SMILES string of the molecule is CC(C)CC(O[Si])C(C)C. The molecule has 0 aromatic carbocycles. The summed E-state index contributed by atoms with van der Waals surface area (Å²) in [6, 6.07) is 0. The van der Waals surface area contributed by atoms with Gasteiger partial charge in [0.05, 0.1) is 0 Å². The summed E-state index contributed by atoms with van der Waals surface area (Å²) in [6.45, 7) is 8.77. The maximum atomic E-state index is 5.13. The van der Waals surface area contributed by atoms with Gasteiger partial charge in [-0.25, -0.2) is 0 Å². The summed E-state index contributed by atoms with van der Waals surface area (Å²) in [5.41, 5.74) is 0. The normalized spacial score (nSPS) is 14.7. The van der Waals surface area contributed by atoms with Crippen molar-refractivity contribution in [3.8, 4) is 0 Å². The molecule has 0 aliphatic carbocycles. The van der Waals surface area contributed by atoms with E-state index in [-0.39, 0.29) is 0 Å². The van der Waals surface area contributed by atoms with Crippen molar-refractivity contribution in [2.45, 2.75) is 40.2 Å². The minimum atomic E-state index is 0.358. The van der Waals surface area contributed by atoms with E-state index in [2.05, 4.69) is 38.2 Å². The molecule has 2 heteroatoms. The van der Waals surface area contributed by atoms with Gasteiger partial charge in [0, 0.05) is 6.10 Å². The zero-order valence-electron chi connectivity index (χ0n) is 7.35. The lowest BCUT2D eigenvalue weighted by Gasteiger charge is -2.21. The van der Waals surface area contributed by atoms with Gasteiger partial charge in [0.1, 0.15) is 0 Å². The predicted octanol–water partition coefficient (Wildman–Crippen LogP) is 2.16. The summed E-state index contributed by atoms with van der Waals surface area (Å²) in [5, 5.41) is 0. The van der Waals surface area contributed by atoms with Gasteiger partial charge in [-0.05, 0) is 18.3 Å². The number of hydrogen-bond donors (Lipinski definition) is 0. The smallest absolute Gasteiger partial charge is 0.246 e. The molecule has 0 amide bonds. The van der Waals surface area contributed by atoms with Gasteiger partial charge in [0.2, 0.25) is 10.5 Å². The van der Waals surface area contributed by atoms with Crippen LogP contribution in [0, 0.1) is 11.8 Å². The van der Waals surface area contributed by atoms with Crippen LogP contribution in [-0.2, 0) is 4.43 Å². The molecule has 0 fully saturated rings. The summed E-state index contributed by atoms with van der Waals surface area (Å²) in [7, 11) is 3.09. The minimum absolute atomic E-state index is 0.358. The Kier molecular flexibility index (Phi) is 5.00. The molecule has 0 aromatic heterocycles. The van der Waals surface area contributed by atoms with E-state index in [0.29, 0.717) is 17.9 Å². The predicted molar refractivity (Wildman–Crippen MR) is 44.9 cm³/mol. The van der Waals surface area contributed by atoms with Crippen molar-refractivity contribution in [1.82, 2.24) is 0 Å². The fraction of sp³-hybridized carbons (Fsp3) is 1.00. The molecule has 0 rings (SSSR count). The van der Waals surface area contributed by atoms with Crippen LogP contribution in [0.2, 0.25) is 0 Å². The van der Waals surface area contributed by atoms with Gasteiger partial charge < -0.3 is 4.43 Å². The highest BCUT2D eigenvalue weighted by Crippen LogP contribution is 2.14. The Labute approximate surface area is 67.7 Å². The standard InChI is InChI=1S/C8H17OSi/c1-6(2)5-8(9-10)7(3)4/h6-8H,5H2,1-4H3. The van der Waals surface area contributed by atoms with Crippen molar-refractivity contribution in [1.29, 1.82) is 0 Å². The second-order valence-corrected chi connectivity index (χ2v) is 3.77. The van der Waals surface area contributed by atoms with Crippen LogP contribution in [0.25, 0.3) is 0 Å². The Hall–Kier alpha value is 0.177. The average Bonchev–Trinajstić information content (AvgIpc) is 1.81. The lowest BCUT2D eigenvalue weighted by molar-refractivity contribution is 0.140. The summed E-state index contributed by atoms with van der Waals surface area (Å²) in [5.74, 6) is 1.31. The molecule has 10 heavy (non-hydrogen) atoms. The molecule has 0 heterocycles. The molecule has 0 spiro atoms. The molecule has 0 saturated heterocycles. The third-order valence-corrected chi connectivity index (χ3v) is 1.90. The van der Waals surface area contributed by atoms with Crippen molar-refractivity contribution in [3.63, 3.8) is 0 Å². The second-order valence-electron chi connectivity index (χ2n) is 3.53. The molecule has 1 atom stereocenters. The molecule has 3 radical (unpaired) electrons. The average molecular weight is 157 g/mol. The lowest BCUT2D eigenvalue weighted by atomic mass is 9.98. The van der Waals surface area contributed by atoms with Gasteiger partial charge in [-0.1, -0.05) is 27.7 Å². The van der Waals surface area contributed by atoms with Gasteiger partial charge in [0.25, 0.3) is 0 Å². The van der Waals surface area contributed by atoms with E-state index in [4.69, 9.17) is 4.43 Å². The maximum absolute atomic E-state index is 5.13. The summed E-state index contributed by atoms with van der Waals surface area (Å²) >= 11 is 0. The molecule has 0 bridgehead atoms. The molecule has 0 saturated carbocycles. The largest absolute Gasteiger partial charge is 0.415 e. The van der Waals surface area contributed by atoms with Crippen molar-refractivity contribution in [2.75, 3.05) is 0 Å². The minimum Gasteiger partial charge on any atom is -0.415 e. The van der Waals surface area contributed by atoms with Crippen LogP contribution < -0.4 is 0 Å². The Bertz CT molecular complexity index is 81.3. The van der Waals surface area contributed by atoms with E-state index in [0.717, 1.165) is 6.42 Å². The molecule has 1 unspecified atom stereocenters. The van der Waals surface area contributed by atoms with Gasteiger partial charge in [-0.3, -0.25) is 0 Å². The molecule has 0 aliphatic rings. The number of rotatable bonds is 4. The Morgan fingerprint density at radius 1 is 1.20 bits per heavy atom. The van der Waals surface area contributed by atoms with Crippen LogP contribution in [0.5, 0.6) is 0 Å². The third-order valence-electron chi connectivity index (χ3n) is 1.60. The van der Waals surface area contributed by atoms with E-state index in [1.807, 2.05) is 0 Å². The monoisotopic (exact) mass is 157 g/mol. The first kappa shape index (κ1) is 10.2. The quantitative estimate of drug-likeness (QED) is 0.568. The summed E-state index contributed by atoms with van der Waals surface area (Å²) < 4.78 is 5.13. The zero-order valence-corrected chi connectivity index (χ0v) is 8.35. The van der Waals surface area contributed by atoms with Crippen LogP contribution in [0.3, 0.4) is 0 Å². The number of hydrogen-bond acceptors (Lipinski definition) is 1. The zero-order chi connectivity index (χ0) is 8.15. The Morgan fingerprint density at radius 2 is 1.70 bits per heavy atom. The topological polar surface area (TPSA) is 9.23 Å². The summed E-state index contributed by atoms with van der Waals surface area (Å²) in [6.07, 6.45) is 1.48. The van der Waals surface area contributed by atoms with Crippen molar-refractivity contribution in [2.24, 2.45) is 11.8 Å². The van der Waals surface area contributed by atoms with E-state index >= 15 is 0 Å². The fourth-order valence-corrected chi connectivity index (χ4v) is 1.29. The van der Waals surface area contributed by atoms with Crippen molar-refractivity contribution < 1.29 is 4.43 Å². The summed E-state index contributed by atoms with van der Waals surface area (Å²) in [4.78, 5) is 0. The first-order valence-electron chi connectivity index (χ1n) is 3.90. The van der Waals surface area contributed by atoms with Crippen molar-refractivity contribution in [3.05, 3.63) is 0 Å². The van der Waals surface area contributed by atoms with E-state index < -0.39 is 0 Å². The van der Waals surface area contributed by atoms with Crippen LogP contribution in [-0.4, -0.2) is 16.6 Å². The molecular formula is C8H17OSi. The van der Waals surface area contributed by atoms with E-state index in [1.165, 1.54) is 0 Å². The van der Waals surface area contributed by atoms with E-state index in [9.17, 15) is 0 Å². The fourth-order valence-electron chi connectivity index (χ4n) is 0.921. The maximum Gasteiger partial charge on any atom is 0.246 e. The Morgan fingerprint density at radius 3 is 1.80 bits per heavy atom. The van der Waals surface area contributed by atoms with Crippen molar-refractivity contribution >= 4 is 10.5 Å².